The summed E-state index contributed by atoms with van der Waals surface area (Å²) in [5, 5.41) is 3.25. The van der Waals surface area contributed by atoms with E-state index in [1.807, 2.05) is 0 Å². The van der Waals surface area contributed by atoms with Gasteiger partial charge in [-0.05, 0) is 75.0 Å². The predicted molar refractivity (Wildman–Crippen MR) is 80.8 cm³/mol. The summed E-state index contributed by atoms with van der Waals surface area (Å²) < 4.78 is -0.800. The molecule has 0 unspecified atom stereocenters. The zero-order valence-electron chi connectivity index (χ0n) is 12.0. The highest BCUT2D eigenvalue weighted by atomic mass is 35.5. The number of amides is 1. The second-order valence-electron chi connectivity index (χ2n) is 8.03. The number of hydrogen-bond donors (Lipinski definition) is 1. The van der Waals surface area contributed by atoms with E-state index in [4.69, 9.17) is 23.2 Å². The molecule has 0 aromatic carbocycles. The molecule has 0 aromatic heterocycles. The Hall–Kier alpha value is 0.0500. The van der Waals surface area contributed by atoms with E-state index in [2.05, 4.69) is 12.2 Å². The van der Waals surface area contributed by atoms with Crippen LogP contribution >= 0.6 is 23.2 Å². The van der Waals surface area contributed by atoms with Crippen molar-refractivity contribution < 1.29 is 4.79 Å². The Morgan fingerprint density at radius 1 is 1.05 bits per heavy atom. The fraction of sp³-hybridized carbons (Fsp3) is 0.938. The lowest BCUT2D eigenvalue weighted by molar-refractivity contribution is -0.127. The largest absolute Gasteiger partial charge is 0.353 e. The van der Waals surface area contributed by atoms with Gasteiger partial charge in [-0.15, -0.1) is 23.2 Å². The van der Waals surface area contributed by atoms with Gasteiger partial charge in [-0.2, -0.15) is 0 Å². The van der Waals surface area contributed by atoms with Crippen molar-refractivity contribution in [3.63, 3.8) is 0 Å². The predicted octanol–water partition coefficient (Wildman–Crippen LogP) is 3.90. The van der Waals surface area contributed by atoms with E-state index in [9.17, 15) is 4.79 Å². The Morgan fingerprint density at radius 3 is 1.90 bits per heavy atom. The Bertz CT molecular complexity index is 412. The second-order valence-corrected chi connectivity index (χ2v) is 9.57. The van der Waals surface area contributed by atoms with Gasteiger partial charge in [0.2, 0.25) is 5.91 Å². The average molecular weight is 316 g/mol. The highest BCUT2D eigenvalue weighted by Gasteiger charge is 2.58. The van der Waals surface area contributed by atoms with Crippen molar-refractivity contribution >= 4 is 29.1 Å². The van der Waals surface area contributed by atoms with E-state index in [0.717, 1.165) is 17.8 Å². The Kier molecular flexibility index (Phi) is 2.94. The van der Waals surface area contributed by atoms with Crippen LogP contribution < -0.4 is 5.32 Å². The minimum atomic E-state index is -0.800. The van der Waals surface area contributed by atoms with Crippen LogP contribution in [0.4, 0.5) is 0 Å². The molecule has 20 heavy (non-hydrogen) atoms. The molecule has 1 N–H and O–H groups in total. The van der Waals surface area contributed by atoms with Crippen LogP contribution in [0.1, 0.15) is 51.9 Å². The van der Waals surface area contributed by atoms with Crippen molar-refractivity contribution in [1.82, 2.24) is 5.32 Å². The number of nitrogens with one attached hydrogen (secondary N) is 1. The average Bonchev–Trinajstić information content (AvgIpc) is 2.96. The van der Waals surface area contributed by atoms with Crippen molar-refractivity contribution in [2.24, 2.45) is 29.1 Å². The summed E-state index contributed by atoms with van der Waals surface area (Å²) >= 11 is 12.0. The fourth-order valence-corrected chi connectivity index (χ4v) is 6.18. The third-order valence-corrected chi connectivity index (χ3v) is 7.34. The topological polar surface area (TPSA) is 29.1 Å². The second kappa shape index (κ2) is 4.29. The highest BCUT2D eigenvalue weighted by molar-refractivity contribution is 6.52. The van der Waals surface area contributed by atoms with Crippen LogP contribution in [0.3, 0.4) is 0 Å². The number of carbonyl (C=O) groups is 1. The number of hydrogen-bond acceptors (Lipinski definition) is 1. The van der Waals surface area contributed by atoms with Gasteiger partial charge >= 0.3 is 0 Å². The maximum absolute atomic E-state index is 12.2. The minimum absolute atomic E-state index is 0.0678. The Balaban J connectivity index is 1.46. The quantitative estimate of drug-likeness (QED) is 0.786. The summed E-state index contributed by atoms with van der Waals surface area (Å²) in [6.45, 7) is 2.21. The molecule has 0 aromatic rings. The lowest BCUT2D eigenvalue weighted by atomic mass is 9.48. The first-order valence-corrected chi connectivity index (χ1v) is 8.82. The molecule has 0 spiro atoms. The van der Waals surface area contributed by atoms with Gasteiger partial charge in [-0.1, -0.05) is 0 Å². The summed E-state index contributed by atoms with van der Waals surface area (Å²) in [6, 6.07) is 0.271. The van der Waals surface area contributed by atoms with E-state index in [0.29, 0.717) is 11.8 Å². The van der Waals surface area contributed by atoms with Crippen LogP contribution in [0.5, 0.6) is 0 Å². The van der Waals surface area contributed by atoms with Crippen molar-refractivity contribution in [1.29, 1.82) is 0 Å². The molecule has 5 rings (SSSR count). The third-order valence-electron chi connectivity index (χ3n) is 6.51. The molecule has 5 fully saturated rings. The summed E-state index contributed by atoms with van der Waals surface area (Å²) in [7, 11) is 0. The van der Waals surface area contributed by atoms with E-state index in [1.54, 1.807) is 0 Å². The molecule has 5 aliphatic rings. The first-order chi connectivity index (χ1) is 9.38. The lowest BCUT2D eigenvalue weighted by Gasteiger charge is -2.59. The molecule has 112 valence electrons. The van der Waals surface area contributed by atoms with E-state index in [-0.39, 0.29) is 17.9 Å². The molecule has 4 heteroatoms. The van der Waals surface area contributed by atoms with Crippen molar-refractivity contribution in [3.05, 3.63) is 0 Å². The summed E-state index contributed by atoms with van der Waals surface area (Å²) in [4.78, 5) is 12.2. The monoisotopic (exact) mass is 315 g/mol. The molecular formula is C16H23Cl2NO. The zero-order valence-corrected chi connectivity index (χ0v) is 13.5. The normalized spacial score (nSPS) is 49.0. The number of rotatable bonds is 3. The van der Waals surface area contributed by atoms with Gasteiger partial charge in [0.05, 0.1) is 5.92 Å². The molecule has 2 nitrogen and oxygen atoms in total. The Labute approximate surface area is 131 Å². The van der Waals surface area contributed by atoms with E-state index >= 15 is 0 Å². The SMILES string of the molecule is C[C@H](NC(=O)[C@@H]1CC1(Cl)Cl)C12CC3CC(CC(C3)C1)C2. The van der Waals surface area contributed by atoms with Gasteiger partial charge in [0.25, 0.3) is 0 Å². The first-order valence-electron chi connectivity index (χ1n) is 8.06. The van der Waals surface area contributed by atoms with Gasteiger partial charge < -0.3 is 5.32 Å². The molecule has 0 aliphatic heterocycles. The number of carbonyl (C=O) groups excluding carboxylic acids is 1. The van der Waals surface area contributed by atoms with Crippen LogP contribution in [0.15, 0.2) is 0 Å². The minimum Gasteiger partial charge on any atom is -0.353 e. The van der Waals surface area contributed by atoms with E-state index < -0.39 is 4.33 Å². The number of alkyl halides is 2. The van der Waals surface area contributed by atoms with Crippen LogP contribution in [-0.2, 0) is 4.79 Å². The first kappa shape index (κ1) is 13.7. The molecule has 5 saturated carbocycles. The molecule has 1 amide bonds. The van der Waals surface area contributed by atoms with Gasteiger partial charge in [0.15, 0.2) is 0 Å². The maximum atomic E-state index is 12.2. The van der Waals surface area contributed by atoms with Crippen LogP contribution in [-0.4, -0.2) is 16.3 Å². The zero-order chi connectivity index (χ0) is 14.1. The maximum Gasteiger partial charge on any atom is 0.226 e. The van der Waals surface area contributed by atoms with Gasteiger partial charge in [0, 0.05) is 6.04 Å². The summed E-state index contributed by atoms with van der Waals surface area (Å²) in [5.41, 5.74) is 0.362. The third kappa shape index (κ3) is 2.09. The molecule has 2 atom stereocenters. The van der Waals surface area contributed by atoms with Crippen LogP contribution in [0.25, 0.3) is 0 Å². The fourth-order valence-electron chi connectivity index (χ4n) is 5.67. The smallest absolute Gasteiger partial charge is 0.226 e. The molecule has 5 aliphatic carbocycles. The van der Waals surface area contributed by atoms with Gasteiger partial charge in [-0.3, -0.25) is 4.79 Å². The molecule has 0 saturated heterocycles. The Morgan fingerprint density at radius 2 is 1.50 bits per heavy atom. The van der Waals surface area contributed by atoms with Crippen molar-refractivity contribution in [2.45, 2.75) is 62.2 Å². The van der Waals surface area contributed by atoms with Crippen molar-refractivity contribution in [3.8, 4) is 0 Å². The molecule has 4 bridgehead atoms. The highest BCUT2D eigenvalue weighted by Crippen LogP contribution is 2.61. The van der Waals surface area contributed by atoms with Gasteiger partial charge in [0.1, 0.15) is 4.33 Å². The summed E-state index contributed by atoms with van der Waals surface area (Å²) in [6.07, 6.45) is 8.88. The molecule has 0 radical (unpaired) electrons. The van der Waals surface area contributed by atoms with Crippen LogP contribution in [0, 0.1) is 29.1 Å². The van der Waals surface area contributed by atoms with Crippen molar-refractivity contribution in [2.75, 3.05) is 0 Å². The molecular weight excluding hydrogens is 293 g/mol. The lowest BCUT2D eigenvalue weighted by Crippen LogP contribution is -2.56. The summed E-state index contributed by atoms with van der Waals surface area (Å²) in [5.74, 6) is 2.63. The van der Waals surface area contributed by atoms with E-state index in [1.165, 1.54) is 38.5 Å². The van der Waals surface area contributed by atoms with Gasteiger partial charge in [-0.25, -0.2) is 0 Å². The molecule has 0 heterocycles. The number of halogens is 2. The standard InChI is InChI=1S/C16H23Cl2NO/c1-9(19-14(20)13-8-16(13,17)18)15-5-10-2-11(6-15)4-12(3-10)7-15/h9-13H,2-8H2,1H3,(H,19,20)/t9-,10?,11?,12?,13-,15?/m0/s1. The van der Waals surface area contributed by atoms with Crippen LogP contribution in [0.2, 0.25) is 0 Å².